The summed E-state index contributed by atoms with van der Waals surface area (Å²) >= 11 is 6.48. The third-order valence-electron chi connectivity index (χ3n) is 5.90. The maximum absolute atomic E-state index is 13.5. The molecule has 0 radical (unpaired) electrons. The standard InChI is InChI=1S/C23H28ClN5O4S2/c1-3-28(34(2,30)31)23-16-19(27-14-5-11-25-13-15-27)8-10-22(23)29(24)35(32,33)20-9-7-18-6-4-12-26-21(18)17-20/h4,6-10,12,16-17,25H,3,5,11,13-15H2,1-2H3. The van der Waals surface area contributed by atoms with Crippen LogP contribution >= 0.6 is 11.8 Å². The molecule has 1 saturated heterocycles. The van der Waals surface area contributed by atoms with Crippen LogP contribution in [0.3, 0.4) is 0 Å². The van der Waals surface area contributed by atoms with Crippen molar-refractivity contribution in [3.8, 4) is 0 Å². The summed E-state index contributed by atoms with van der Waals surface area (Å²) in [6.45, 7) is 5.05. The molecule has 12 heteroatoms. The molecule has 4 rings (SSSR count). The SMILES string of the molecule is CCN(c1cc(N2CCCNCC2)ccc1N(Cl)S(=O)(=O)c1ccc2cccnc2c1)S(C)(=O)=O. The van der Waals surface area contributed by atoms with Crippen molar-refractivity contribution < 1.29 is 16.8 Å². The molecule has 1 aliphatic heterocycles. The molecule has 0 bridgehead atoms. The van der Waals surface area contributed by atoms with E-state index in [0.29, 0.717) is 9.34 Å². The van der Waals surface area contributed by atoms with Gasteiger partial charge in [-0.15, -0.1) is 0 Å². The Bertz CT molecular complexity index is 1420. The summed E-state index contributed by atoms with van der Waals surface area (Å²) in [4.78, 5) is 6.32. The Labute approximate surface area is 211 Å². The maximum atomic E-state index is 13.5. The van der Waals surface area contributed by atoms with E-state index in [1.54, 1.807) is 43.5 Å². The summed E-state index contributed by atoms with van der Waals surface area (Å²) in [6, 6.07) is 13.2. The number of pyridine rings is 1. The molecule has 35 heavy (non-hydrogen) atoms. The number of anilines is 3. The summed E-state index contributed by atoms with van der Waals surface area (Å²) in [5.74, 6) is 0. The van der Waals surface area contributed by atoms with Gasteiger partial charge in [0.05, 0.1) is 28.0 Å². The molecule has 0 aliphatic carbocycles. The minimum absolute atomic E-state index is 0.0466. The van der Waals surface area contributed by atoms with E-state index >= 15 is 0 Å². The number of nitrogens with one attached hydrogen (secondary N) is 1. The fourth-order valence-corrected chi connectivity index (χ4v) is 6.63. The average molecular weight is 538 g/mol. The first-order valence-corrected chi connectivity index (χ1v) is 14.9. The van der Waals surface area contributed by atoms with Gasteiger partial charge in [0.25, 0.3) is 10.0 Å². The van der Waals surface area contributed by atoms with Gasteiger partial charge in [0.2, 0.25) is 10.0 Å². The molecule has 9 nitrogen and oxygen atoms in total. The first-order chi connectivity index (χ1) is 16.6. The van der Waals surface area contributed by atoms with Gasteiger partial charge < -0.3 is 10.2 Å². The highest BCUT2D eigenvalue weighted by Gasteiger charge is 2.30. The zero-order chi connectivity index (χ0) is 25.2. The molecule has 1 fully saturated rings. The Balaban J connectivity index is 1.81. The lowest BCUT2D eigenvalue weighted by Gasteiger charge is -2.29. The van der Waals surface area contributed by atoms with Crippen LogP contribution in [0.25, 0.3) is 10.9 Å². The second-order valence-corrected chi connectivity index (χ2v) is 12.5. The fraction of sp³-hybridized carbons (Fsp3) is 0.348. The van der Waals surface area contributed by atoms with Gasteiger partial charge in [-0.25, -0.2) is 8.42 Å². The number of rotatable bonds is 7. The van der Waals surface area contributed by atoms with E-state index in [1.807, 2.05) is 6.07 Å². The summed E-state index contributed by atoms with van der Waals surface area (Å²) in [5.41, 5.74) is 1.56. The lowest BCUT2D eigenvalue weighted by atomic mass is 10.2. The molecular formula is C23H28ClN5O4S2. The van der Waals surface area contributed by atoms with Gasteiger partial charge in [-0.2, -0.15) is 12.2 Å². The predicted molar refractivity (Wildman–Crippen MR) is 141 cm³/mol. The second-order valence-electron chi connectivity index (χ2n) is 8.27. The third kappa shape index (κ3) is 5.32. The zero-order valence-corrected chi connectivity index (χ0v) is 21.9. The van der Waals surface area contributed by atoms with Crippen molar-refractivity contribution in [2.45, 2.75) is 18.2 Å². The number of sulfonamides is 2. The number of nitrogens with zero attached hydrogens (tertiary/aromatic N) is 4. The molecule has 0 saturated carbocycles. The number of halogens is 1. The van der Waals surface area contributed by atoms with Gasteiger partial charge in [-0.1, -0.05) is 12.1 Å². The van der Waals surface area contributed by atoms with Gasteiger partial charge in [-0.3, -0.25) is 9.29 Å². The van der Waals surface area contributed by atoms with Crippen molar-refractivity contribution in [2.75, 3.05) is 52.0 Å². The van der Waals surface area contributed by atoms with Crippen molar-refractivity contribution in [3.05, 3.63) is 54.7 Å². The number of aromatic nitrogens is 1. The largest absolute Gasteiger partial charge is 0.370 e. The van der Waals surface area contributed by atoms with Crippen LogP contribution in [0.2, 0.25) is 0 Å². The fourth-order valence-electron chi connectivity index (χ4n) is 4.17. The Morgan fingerprint density at radius 3 is 2.57 bits per heavy atom. The molecule has 0 atom stereocenters. The van der Waals surface area contributed by atoms with E-state index in [9.17, 15) is 16.8 Å². The van der Waals surface area contributed by atoms with Crippen molar-refractivity contribution >= 4 is 59.8 Å². The molecule has 2 aromatic carbocycles. The van der Waals surface area contributed by atoms with Gasteiger partial charge in [-0.05, 0) is 56.3 Å². The van der Waals surface area contributed by atoms with Gasteiger partial charge in [0, 0.05) is 55.2 Å². The molecule has 1 aliphatic rings. The van der Waals surface area contributed by atoms with Crippen molar-refractivity contribution in [2.24, 2.45) is 0 Å². The van der Waals surface area contributed by atoms with Gasteiger partial charge in [0.1, 0.15) is 0 Å². The number of hydrogen-bond donors (Lipinski definition) is 1. The molecule has 0 unspecified atom stereocenters. The van der Waals surface area contributed by atoms with E-state index in [4.69, 9.17) is 11.8 Å². The highest BCUT2D eigenvalue weighted by atomic mass is 35.5. The third-order valence-corrected chi connectivity index (χ3v) is 9.35. The zero-order valence-electron chi connectivity index (χ0n) is 19.6. The quantitative estimate of drug-likeness (QED) is 0.462. The second kappa shape index (κ2) is 10.2. The molecule has 2 heterocycles. The van der Waals surface area contributed by atoms with Crippen molar-refractivity contribution in [1.82, 2.24) is 10.3 Å². The van der Waals surface area contributed by atoms with E-state index in [2.05, 4.69) is 15.2 Å². The molecule has 0 spiro atoms. The topological polar surface area (TPSA) is 103 Å². The minimum Gasteiger partial charge on any atom is -0.370 e. The van der Waals surface area contributed by atoms with Crippen molar-refractivity contribution in [3.63, 3.8) is 0 Å². The van der Waals surface area contributed by atoms with E-state index in [1.165, 1.54) is 12.1 Å². The summed E-state index contributed by atoms with van der Waals surface area (Å²) in [7, 11) is -7.93. The Morgan fingerprint density at radius 2 is 1.83 bits per heavy atom. The van der Waals surface area contributed by atoms with E-state index in [0.717, 1.165) is 54.2 Å². The minimum atomic E-state index is -4.22. The van der Waals surface area contributed by atoms with Gasteiger partial charge in [0.15, 0.2) is 0 Å². The number of hydrogen-bond acceptors (Lipinski definition) is 7. The Kier molecular flexibility index (Phi) is 7.41. The van der Waals surface area contributed by atoms with E-state index in [-0.39, 0.29) is 22.8 Å². The van der Waals surface area contributed by atoms with Crippen LogP contribution in [0.5, 0.6) is 0 Å². The molecule has 0 amide bonds. The van der Waals surface area contributed by atoms with Crippen LogP contribution < -0.4 is 18.3 Å². The summed E-state index contributed by atoms with van der Waals surface area (Å²) < 4.78 is 54.0. The summed E-state index contributed by atoms with van der Waals surface area (Å²) in [5, 5.41) is 4.13. The van der Waals surface area contributed by atoms with Gasteiger partial charge >= 0.3 is 0 Å². The summed E-state index contributed by atoms with van der Waals surface area (Å²) in [6.07, 6.45) is 3.61. The molecule has 1 N–H and O–H groups in total. The lowest BCUT2D eigenvalue weighted by molar-refractivity contribution is 0.595. The number of benzene rings is 2. The van der Waals surface area contributed by atoms with Crippen molar-refractivity contribution in [1.29, 1.82) is 0 Å². The van der Waals surface area contributed by atoms with Crippen LogP contribution in [0.1, 0.15) is 13.3 Å². The maximum Gasteiger partial charge on any atom is 0.278 e. The van der Waals surface area contributed by atoms with Crippen LogP contribution in [-0.4, -0.2) is 60.8 Å². The molecule has 188 valence electrons. The molecule has 3 aromatic rings. The molecular weight excluding hydrogens is 510 g/mol. The number of fused-ring (bicyclic) bond motifs is 1. The monoisotopic (exact) mass is 537 g/mol. The average Bonchev–Trinajstić information content (AvgIpc) is 3.12. The first-order valence-electron chi connectivity index (χ1n) is 11.3. The van der Waals surface area contributed by atoms with Crippen LogP contribution in [0, 0.1) is 0 Å². The molecule has 1 aromatic heterocycles. The van der Waals surface area contributed by atoms with Crippen LogP contribution in [0.4, 0.5) is 17.1 Å². The normalized spacial score (nSPS) is 15.1. The van der Waals surface area contributed by atoms with Crippen LogP contribution in [0.15, 0.2) is 59.6 Å². The van der Waals surface area contributed by atoms with Crippen LogP contribution in [-0.2, 0) is 20.0 Å². The van der Waals surface area contributed by atoms with E-state index < -0.39 is 20.0 Å². The predicted octanol–water partition coefficient (Wildman–Crippen LogP) is 3.17. The smallest absolute Gasteiger partial charge is 0.278 e. The highest BCUT2D eigenvalue weighted by Crippen LogP contribution is 2.39. The lowest BCUT2D eigenvalue weighted by Crippen LogP contribution is -2.33. The Hall–Kier alpha value is -2.60. The first kappa shape index (κ1) is 25.5. The Morgan fingerprint density at radius 1 is 1.03 bits per heavy atom. The highest BCUT2D eigenvalue weighted by molar-refractivity contribution is 7.94.